The van der Waals surface area contributed by atoms with Crippen molar-refractivity contribution in [3.8, 4) is 0 Å². The monoisotopic (exact) mass is 782 g/mol. The molecule has 0 rings (SSSR count). The molecule has 54 heavy (non-hydrogen) atoms. The first-order chi connectivity index (χ1) is 26.2. The minimum atomic E-state index is -4.36. The van der Waals surface area contributed by atoms with E-state index in [1.807, 2.05) is 36.5 Å². The summed E-state index contributed by atoms with van der Waals surface area (Å²) in [5.74, 6) is -0.532. The summed E-state index contributed by atoms with van der Waals surface area (Å²) in [5, 5.41) is 20.1. The van der Waals surface area contributed by atoms with E-state index in [0.717, 1.165) is 51.4 Å². The predicted octanol–water partition coefficient (Wildman–Crippen LogP) is 10.3. The number of carbonyl (C=O) groups is 1. The number of allylic oxidation sites excluding steroid dienone is 9. The fourth-order valence-corrected chi connectivity index (χ4v) is 5.99. The van der Waals surface area contributed by atoms with Crippen molar-refractivity contribution < 1.29 is 43.0 Å². The smallest absolute Gasteiger partial charge is 0.472 e. The lowest BCUT2D eigenvalue weighted by Gasteiger charge is -2.19. The van der Waals surface area contributed by atoms with Gasteiger partial charge in [0.15, 0.2) is 6.10 Å². The Bertz CT molecular complexity index is 1090. The third kappa shape index (κ3) is 38.0. The first-order valence-electron chi connectivity index (χ1n) is 20.7. The second-order valence-electron chi connectivity index (χ2n) is 13.6. The molecule has 0 aromatic carbocycles. The van der Waals surface area contributed by atoms with E-state index in [1.165, 1.54) is 64.2 Å². The maximum Gasteiger partial charge on any atom is 0.472 e. The number of aliphatic hydroxyl groups excluding tert-OH is 2. The van der Waals surface area contributed by atoms with Crippen molar-refractivity contribution in [3.63, 3.8) is 0 Å². The van der Waals surface area contributed by atoms with Gasteiger partial charge in [-0.05, 0) is 70.3 Å². The highest BCUT2D eigenvalue weighted by Gasteiger charge is 2.25. The summed E-state index contributed by atoms with van der Waals surface area (Å²) in [6, 6.07) is 0. The lowest BCUT2D eigenvalue weighted by molar-refractivity contribution is -0.153. The zero-order valence-corrected chi connectivity index (χ0v) is 34.5. The number of ether oxygens (including phenoxy) is 2. The van der Waals surface area contributed by atoms with E-state index < -0.39 is 38.7 Å². The second-order valence-corrected chi connectivity index (χ2v) is 15.1. The van der Waals surface area contributed by atoms with E-state index in [-0.39, 0.29) is 26.2 Å². The largest absolute Gasteiger partial charge is 0.498 e. The lowest BCUT2D eigenvalue weighted by atomic mass is 10.1. The normalized spacial score (nSPS) is 15.4. The number of aliphatic hydroxyl groups is 2. The number of phosphoric acid groups is 1. The van der Waals surface area contributed by atoms with Crippen LogP contribution in [0.5, 0.6) is 0 Å². The molecule has 5 N–H and O–H groups in total. The predicted molar refractivity (Wildman–Crippen MR) is 222 cm³/mol. The molecule has 4 atom stereocenters. The molecule has 0 aliphatic rings. The number of rotatable bonds is 38. The Hall–Kier alpha value is -2.30. The molecular weight excluding hydrogens is 705 g/mol. The molecule has 0 aromatic rings. The SMILES string of the molecule is CCCCCC/C=C\CCCCCCCC/C=C/OC[C@H](COP(=O)(O)OCCN)OC(=O)CCC[C@H](O)/C=C/C=C\C/C=C\C=C\[C@H](O)CCCCC. The molecule has 0 aliphatic heterocycles. The van der Waals surface area contributed by atoms with Gasteiger partial charge in [0.25, 0.3) is 0 Å². The Balaban J connectivity index is 4.39. The fraction of sp³-hybridized carbons (Fsp3) is 0.698. The van der Waals surface area contributed by atoms with Crippen LogP contribution in [-0.2, 0) is 27.9 Å². The summed E-state index contributed by atoms with van der Waals surface area (Å²) in [7, 11) is -4.36. The maximum absolute atomic E-state index is 12.6. The number of phosphoric ester groups is 1. The molecule has 0 bridgehead atoms. The van der Waals surface area contributed by atoms with Crippen LogP contribution in [0.1, 0.15) is 149 Å². The van der Waals surface area contributed by atoms with Crippen LogP contribution >= 0.6 is 7.82 Å². The number of carbonyl (C=O) groups excluding carboxylic acids is 1. The number of esters is 1. The number of unbranched alkanes of at least 4 members (excludes halogenated alkanes) is 13. The molecule has 0 saturated carbocycles. The molecule has 0 heterocycles. The average Bonchev–Trinajstić information content (AvgIpc) is 3.15. The lowest BCUT2D eigenvalue weighted by Crippen LogP contribution is -2.28. The molecule has 0 radical (unpaired) electrons. The minimum absolute atomic E-state index is 0.0506. The van der Waals surface area contributed by atoms with Crippen LogP contribution in [-0.4, -0.2) is 65.8 Å². The van der Waals surface area contributed by atoms with Gasteiger partial charge < -0.3 is 30.3 Å². The van der Waals surface area contributed by atoms with Gasteiger partial charge in [0, 0.05) is 13.0 Å². The summed E-state index contributed by atoms with van der Waals surface area (Å²) in [6.07, 6.45) is 42.2. The van der Waals surface area contributed by atoms with Gasteiger partial charge in [-0.15, -0.1) is 0 Å². The van der Waals surface area contributed by atoms with Crippen LogP contribution in [0.4, 0.5) is 0 Å². The van der Waals surface area contributed by atoms with Crippen molar-refractivity contribution in [2.75, 3.05) is 26.4 Å². The molecule has 0 spiro atoms. The Morgan fingerprint density at radius 1 is 0.667 bits per heavy atom. The first kappa shape index (κ1) is 51.7. The van der Waals surface area contributed by atoms with Crippen LogP contribution in [0, 0.1) is 0 Å². The minimum Gasteiger partial charge on any atom is -0.498 e. The van der Waals surface area contributed by atoms with Gasteiger partial charge in [-0.1, -0.05) is 139 Å². The van der Waals surface area contributed by atoms with Gasteiger partial charge in [-0.3, -0.25) is 13.8 Å². The van der Waals surface area contributed by atoms with Gasteiger partial charge in [-0.2, -0.15) is 0 Å². The highest BCUT2D eigenvalue weighted by Crippen LogP contribution is 2.43. The summed E-state index contributed by atoms with van der Waals surface area (Å²) in [5.41, 5.74) is 5.34. The van der Waals surface area contributed by atoms with E-state index in [4.69, 9.17) is 24.3 Å². The standard InChI is InChI=1S/C43H76NO9P/c1-3-5-7-8-9-10-11-12-13-14-15-16-17-21-24-28-36-50-38-42(39-52-54(48,49)51-37-35-44)53-43(47)34-29-33-41(46)32-27-23-20-18-19-22-26-31-40(45)30-25-6-4-2/h10-11,19-20,22-23,26-28,31-32,36,40-42,45-46H,3-9,12-18,21,24-25,29-30,33-35,37-39,44H2,1-2H3,(H,48,49)/b11-10-,22-19-,23-20-,31-26+,32-27+,36-28+/t40-,41-,42-/m1/s1. The maximum atomic E-state index is 12.6. The molecule has 0 aliphatic carbocycles. The zero-order valence-electron chi connectivity index (χ0n) is 33.7. The molecule has 0 saturated heterocycles. The zero-order chi connectivity index (χ0) is 39.8. The summed E-state index contributed by atoms with van der Waals surface area (Å²) in [4.78, 5) is 22.4. The molecule has 0 fully saturated rings. The van der Waals surface area contributed by atoms with Gasteiger partial charge >= 0.3 is 13.8 Å². The Morgan fingerprint density at radius 3 is 1.80 bits per heavy atom. The third-order valence-corrected chi connectivity index (χ3v) is 9.35. The quantitative estimate of drug-likeness (QED) is 0.0119. The third-order valence-electron chi connectivity index (χ3n) is 8.37. The van der Waals surface area contributed by atoms with Crippen molar-refractivity contribution in [1.82, 2.24) is 0 Å². The van der Waals surface area contributed by atoms with Crippen molar-refractivity contribution >= 4 is 13.8 Å². The van der Waals surface area contributed by atoms with E-state index in [2.05, 4.69) is 26.0 Å². The van der Waals surface area contributed by atoms with Crippen molar-refractivity contribution in [2.24, 2.45) is 5.73 Å². The van der Waals surface area contributed by atoms with Gasteiger partial charge in [0.1, 0.15) is 6.61 Å². The highest BCUT2D eigenvalue weighted by molar-refractivity contribution is 7.47. The van der Waals surface area contributed by atoms with Crippen LogP contribution in [0.3, 0.4) is 0 Å². The van der Waals surface area contributed by atoms with Crippen molar-refractivity contribution in [3.05, 3.63) is 73.1 Å². The van der Waals surface area contributed by atoms with Gasteiger partial charge in [0.2, 0.25) is 0 Å². The second kappa shape index (κ2) is 39.0. The molecule has 0 aromatic heterocycles. The van der Waals surface area contributed by atoms with Gasteiger partial charge in [0.05, 0.1) is 31.7 Å². The molecular formula is C43H76NO9P. The Morgan fingerprint density at radius 2 is 1.20 bits per heavy atom. The van der Waals surface area contributed by atoms with Gasteiger partial charge in [-0.25, -0.2) is 4.57 Å². The summed E-state index contributed by atoms with van der Waals surface area (Å²) in [6.45, 7) is 3.83. The fourth-order valence-electron chi connectivity index (χ4n) is 5.23. The molecule has 10 nitrogen and oxygen atoms in total. The van der Waals surface area contributed by atoms with Crippen LogP contribution in [0.15, 0.2) is 73.1 Å². The Labute approximate surface area is 328 Å². The van der Waals surface area contributed by atoms with Crippen molar-refractivity contribution in [2.45, 2.75) is 167 Å². The Kier molecular flexibility index (Phi) is 37.3. The average molecular weight is 782 g/mol. The first-order valence-corrected chi connectivity index (χ1v) is 22.2. The molecule has 11 heteroatoms. The van der Waals surface area contributed by atoms with Crippen LogP contribution in [0.25, 0.3) is 0 Å². The summed E-state index contributed by atoms with van der Waals surface area (Å²) >= 11 is 0. The number of nitrogens with two attached hydrogens (primary N) is 1. The van der Waals surface area contributed by atoms with Crippen molar-refractivity contribution in [1.29, 1.82) is 0 Å². The molecule has 0 amide bonds. The van der Waals surface area contributed by atoms with E-state index in [9.17, 15) is 24.5 Å². The number of hydrogen-bond donors (Lipinski definition) is 4. The van der Waals surface area contributed by atoms with E-state index in [1.54, 1.807) is 24.5 Å². The molecule has 312 valence electrons. The van der Waals surface area contributed by atoms with Crippen LogP contribution in [0.2, 0.25) is 0 Å². The summed E-state index contributed by atoms with van der Waals surface area (Å²) < 4.78 is 32.9. The highest BCUT2D eigenvalue weighted by atomic mass is 31.2. The van der Waals surface area contributed by atoms with Crippen LogP contribution < -0.4 is 5.73 Å². The topological polar surface area (TPSA) is 158 Å². The van der Waals surface area contributed by atoms with E-state index in [0.29, 0.717) is 12.8 Å². The van der Waals surface area contributed by atoms with E-state index >= 15 is 0 Å². The molecule has 1 unspecified atom stereocenters. The number of hydrogen-bond acceptors (Lipinski definition) is 9.